The third-order valence-electron chi connectivity index (χ3n) is 3.54. The van der Waals surface area contributed by atoms with Crippen LogP contribution < -0.4 is 5.32 Å². The summed E-state index contributed by atoms with van der Waals surface area (Å²) in [5.74, 6) is -0.888. The number of hydrogen-bond acceptors (Lipinski definition) is 5. The smallest absolute Gasteiger partial charge is 0.333 e. The van der Waals surface area contributed by atoms with Crippen LogP contribution in [0.2, 0.25) is 0 Å². The number of halogens is 3. The van der Waals surface area contributed by atoms with Crippen molar-refractivity contribution in [3.05, 3.63) is 27.7 Å². The average molecular weight is 346 g/mol. The molecule has 0 saturated carbocycles. The van der Waals surface area contributed by atoms with Crippen LogP contribution in [0.1, 0.15) is 22.2 Å². The molecule has 11 heteroatoms. The Kier molecular flexibility index (Phi) is 3.96. The number of nitrogens with zero attached hydrogens (tertiary/aromatic N) is 5. The van der Waals surface area contributed by atoms with Gasteiger partial charge in [0.05, 0.1) is 24.3 Å². The molecule has 0 aliphatic carbocycles. The molecule has 0 bridgehead atoms. The lowest BCUT2D eigenvalue weighted by atomic mass is 10.3. The molecule has 0 saturated heterocycles. The van der Waals surface area contributed by atoms with Gasteiger partial charge in [-0.05, 0) is 6.92 Å². The molecule has 1 aliphatic heterocycles. The van der Waals surface area contributed by atoms with Gasteiger partial charge in [0.15, 0.2) is 5.82 Å². The van der Waals surface area contributed by atoms with Gasteiger partial charge in [0.1, 0.15) is 0 Å². The van der Waals surface area contributed by atoms with Gasteiger partial charge in [-0.2, -0.15) is 13.2 Å². The van der Waals surface area contributed by atoms with E-state index in [1.807, 2.05) is 6.92 Å². The molecule has 3 heterocycles. The van der Waals surface area contributed by atoms with Crippen LogP contribution in [-0.4, -0.2) is 37.2 Å². The minimum atomic E-state index is -4.54. The van der Waals surface area contributed by atoms with E-state index in [4.69, 9.17) is 0 Å². The fraction of sp³-hybridized carbons (Fsp3) is 0.500. The van der Waals surface area contributed by atoms with Crippen molar-refractivity contribution in [1.29, 1.82) is 0 Å². The normalized spacial score (nSPS) is 14.7. The Morgan fingerprint density at radius 3 is 2.83 bits per heavy atom. The van der Waals surface area contributed by atoms with Crippen LogP contribution in [-0.2, 0) is 25.8 Å². The number of amides is 2. The van der Waals surface area contributed by atoms with Gasteiger partial charge in [0, 0.05) is 18.0 Å². The van der Waals surface area contributed by atoms with E-state index < -0.39 is 12.0 Å². The molecule has 2 amide bonds. The molecule has 7 nitrogen and oxygen atoms in total. The summed E-state index contributed by atoms with van der Waals surface area (Å²) in [6.07, 6.45) is -4.54. The van der Waals surface area contributed by atoms with E-state index >= 15 is 0 Å². The lowest BCUT2D eigenvalue weighted by Gasteiger charge is -2.28. The van der Waals surface area contributed by atoms with Crippen LogP contribution >= 0.6 is 11.3 Å². The van der Waals surface area contributed by atoms with Gasteiger partial charge in [0.2, 0.25) is 5.82 Å². The summed E-state index contributed by atoms with van der Waals surface area (Å²) >= 11 is 1.44. The van der Waals surface area contributed by atoms with E-state index in [9.17, 15) is 18.0 Å². The van der Waals surface area contributed by atoms with Crippen LogP contribution in [0.15, 0.2) is 5.51 Å². The number of hydrogen-bond donors (Lipinski definition) is 1. The van der Waals surface area contributed by atoms with Gasteiger partial charge in [-0.3, -0.25) is 0 Å². The minimum Gasteiger partial charge on any atom is -0.333 e. The first-order chi connectivity index (χ1) is 10.9. The highest BCUT2D eigenvalue weighted by molar-refractivity contribution is 7.09. The van der Waals surface area contributed by atoms with E-state index in [0.29, 0.717) is 6.54 Å². The summed E-state index contributed by atoms with van der Waals surface area (Å²) in [5, 5.41) is 9.47. The third kappa shape index (κ3) is 3.14. The molecule has 0 spiro atoms. The van der Waals surface area contributed by atoms with Crippen molar-refractivity contribution in [2.45, 2.75) is 32.7 Å². The third-order valence-corrected chi connectivity index (χ3v) is 4.47. The number of rotatable bonds is 2. The maximum Gasteiger partial charge on any atom is 0.451 e. The molecule has 2 aromatic heterocycles. The number of urea groups is 1. The molecule has 3 rings (SSSR count). The molecule has 0 radical (unpaired) electrons. The molecular formula is C12H13F3N6OS. The van der Waals surface area contributed by atoms with Gasteiger partial charge in [0.25, 0.3) is 0 Å². The number of fused-ring (bicyclic) bond motifs is 1. The highest BCUT2D eigenvalue weighted by Gasteiger charge is 2.39. The standard InChI is InChI=1S/C12H13F3N6OS/c1-7-8(23-6-17-7)4-16-11(22)20-2-3-21-9(5-20)18-19-10(21)12(13,14)15/h6H,2-5H2,1H3,(H,16,22). The van der Waals surface area contributed by atoms with Crippen molar-refractivity contribution < 1.29 is 18.0 Å². The Morgan fingerprint density at radius 1 is 1.39 bits per heavy atom. The number of alkyl halides is 3. The quantitative estimate of drug-likeness (QED) is 0.899. The fourth-order valence-electron chi connectivity index (χ4n) is 2.30. The fourth-order valence-corrected chi connectivity index (χ4v) is 3.02. The predicted molar refractivity (Wildman–Crippen MR) is 74.5 cm³/mol. The zero-order chi connectivity index (χ0) is 16.6. The van der Waals surface area contributed by atoms with Gasteiger partial charge in [-0.25, -0.2) is 9.78 Å². The van der Waals surface area contributed by atoms with Crippen LogP contribution in [0.4, 0.5) is 18.0 Å². The number of aryl methyl sites for hydroxylation is 1. The molecule has 1 aliphatic rings. The average Bonchev–Trinajstić information content (AvgIpc) is 3.09. The second kappa shape index (κ2) is 5.80. The number of thiazole rings is 1. The van der Waals surface area contributed by atoms with Crippen molar-refractivity contribution in [1.82, 2.24) is 30.0 Å². The highest BCUT2D eigenvalue weighted by Crippen LogP contribution is 2.29. The summed E-state index contributed by atoms with van der Waals surface area (Å²) < 4.78 is 39.3. The Hall–Kier alpha value is -2.17. The second-order valence-corrected chi connectivity index (χ2v) is 5.97. The maximum atomic E-state index is 12.8. The Morgan fingerprint density at radius 2 is 2.17 bits per heavy atom. The molecule has 124 valence electrons. The second-order valence-electron chi connectivity index (χ2n) is 5.03. The van der Waals surface area contributed by atoms with Crippen LogP contribution in [0.3, 0.4) is 0 Å². The summed E-state index contributed by atoms with van der Waals surface area (Å²) in [7, 11) is 0. The minimum absolute atomic E-state index is 0.00339. The largest absolute Gasteiger partial charge is 0.451 e. The van der Waals surface area contributed by atoms with Crippen molar-refractivity contribution in [2.75, 3.05) is 6.54 Å². The van der Waals surface area contributed by atoms with E-state index in [2.05, 4.69) is 20.5 Å². The number of carbonyl (C=O) groups is 1. The molecule has 2 aromatic rings. The van der Waals surface area contributed by atoms with Gasteiger partial charge >= 0.3 is 12.2 Å². The molecular weight excluding hydrogens is 333 g/mol. The predicted octanol–water partition coefficient (Wildman–Crippen LogP) is 1.79. The summed E-state index contributed by atoms with van der Waals surface area (Å²) in [4.78, 5) is 18.6. The SMILES string of the molecule is Cc1ncsc1CNC(=O)N1CCn2c(nnc2C(F)(F)F)C1. The van der Waals surface area contributed by atoms with Gasteiger partial charge < -0.3 is 14.8 Å². The summed E-state index contributed by atoms with van der Waals surface area (Å²) in [6, 6.07) is -0.347. The van der Waals surface area contributed by atoms with E-state index in [-0.39, 0.29) is 31.5 Å². The van der Waals surface area contributed by atoms with Crippen LogP contribution in [0.25, 0.3) is 0 Å². The number of carbonyl (C=O) groups excluding carboxylic acids is 1. The van der Waals surface area contributed by atoms with Gasteiger partial charge in [-0.15, -0.1) is 21.5 Å². The Labute approximate surface area is 133 Å². The summed E-state index contributed by atoms with van der Waals surface area (Å²) in [6.45, 7) is 2.37. The molecule has 0 atom stereocenters. The van der Waals surface area contributed by atoms with Crippen LogP contribution in [0.5, 0.6) is 0 Å². The monoisotopic (exact) mass is 346 g/mol. The molecule has 0 aromatic carbocycles. The lowest BCUT2D eigenvalue weighted by Crippen LogP contribution is -2.44. The van der Waals surface area contributed by atoms with Gasteiger partial charge in [-0.1, -0.05) is 0 Å². The van der Waals surface area contributed by atoms with E-state index in [1.54, 1.807) is 5.51 Å². The molecule has 0 unspecified atom stereocenters. The van der Waals surface area contributed by atoms with E-state index in [0.717, 1.165) is 15.1 Å². The van der Waals surface area contributed by atoms with Crippen molar-refractivity contribution >= 4 is 17.4 Å². The zero-order valence-electron chi connectivity index (χ0n) is 12.1. The van der Waals surface area contributed by atoms with E-state index in [1.165, 1.54) is 16.2 Å². The van der Waals surface area contributed by atoms with Crippen LogP contribution in [0, 0.1) is 6.92 Å². The first-order valence-electron chi connectivity index (χ1n) is 6.77. The number of nitrogens with one attached hydrogen (secondary N) is 1. The Balaban J connectivity index is 1.64. The maximum absolute atomic E-state index is 12.8. The van der Waals surface area contributed by atoms with Crippen molar-refractivity contribution in [3.8, 4) is 0 Å². The number of aromatic nitrogens is 4. The zero-order valence-corrected chi connectivity index (χ0v) is 12.9. The first-order valence-corrected chi connectivity index (χ1v) is 7.65. The first kappa shape index (κ1) is 15.7. The topological polar surface area (TPSA) is 75.9 Å². The highest BCUT2D eigenvalue weighted by atomic mass is 32.1. The summed E-state index contributed by atoms with van der Waals surface area (Å²) in [5.41, 5.74) is 2.54. The van der Waals surface area contributed by atoms with Crippen molar-refractivity contribution in [2.24, 2.45) is 0 Å². The Bertz CT molecular complexity index is 725. The lowest BCUT2D eigenvalue weighted by molar-refractivity contribution is -0.147. The molecule has 1 N–H and O–H groups in total. The molecule has 23 heavy (non-hydrogen) atoms. The van der Waals surface area contributed by atoms with Crippen molar-refractivity contribution in [3.63, 3.8) is 0 Å². The molecule has 0 fully saturated rings.